The highest BCUT2D eigenvalue weighted by atomic mass is 19.3. The number of fused-ring (bicyclic) bond motifs is 2. The summed E-state index contributed by atoms with van der Waals surface area (Å²) in [4.78, 5) is 24.2. The predicted molar refractivity (Wildman–Crippen MR) is 99.9 cm³/mol. The number of aromatic nitrogens is 2. The molecule has 6 nitrogen and oxygen atoms in total. The van der Waals surface area contributed by atoms with E-state index in [-0.39, 0.29) is 48.3 Å². The number of methoxy groups -OCH3 is 1. The Bertz CT molecular complexity index is 882. The number of alkyl halides is 3. The Kier molecular flexibility index (Phi) is 3.91. The number of nitrogens with zero attached hydrogens (tertiary/aromatic N) is 4. The molecule has 1 aromatic rings. The number of hydrogen-bond donors (Lipinski definition) is 0. The monoisotopic (exact) mass is 410 g/mol. The minimum atomic E-state index is -2.98. The second-order valence-electron chi connectivity index (χ2n) is 9.17. The summed E-state index contributed by atoms with van der Waals surface area (Å²) in [6, 6.07) is -0.412. The van der Waals surface area contributed by atoms with E-state index in [1.165, 1.54) is 7.11 Å². The fourth-order valence-corrected chi connectivity index (χ4v) is 5.46. The summed E-state index contributed by atoms with van der Waals surface area (Å²) in [7, 11) is 1.39. The van der Waals surface area contributed by atoms with Crippen molar-refractivity contribution in [3.05, 3.63) is 11.3 Å². The fourth-order valence-electron chi connectivity index (χ4n) is 5.46. The number of anilines is 2. The summed E-state index contributed by atoms with van der Waals surface area (Å²) in [5.74, 6) is -1.87. The van der Waals surface area contributed by atoms with Gasteiger partial charge in [-0.05, 0) is 30.6 Å². The fraction of sp³-hybridized carbons (Fsp3) is 0.750. The van der Waals surface area contributed by atoms with E-state index in [2.05, 4.69) is 21.8 Å². The van der Waals surface area contributed by atoms with Gasteiger partial charge in [0.15, 0.2) is 0 Å². The largest absolute Gasteiger partial charge is 0.469 e. The van der Waals surface area contributed by atoms with Gasteiger partial charge in [0, 0.05) is 31.5 Å². The normalized spacial score (nSPS) is 36.5. The van der Waals surface area contributed by atoms with E-state index in [0.717, 1.165) is 0 Å². The molecule has 2 unspecified atom stereocenters. The number of hydrogen-bond acceptors (Lipinski definition) is 6. The van der Waals surface area contributed by atoms with Gasteiger partial charge < -0.3 is 14.5 Å². The second-order valence-corrected chi connectivity index (χ2v) is 9.17. The van der Waals surface area contributed by atoms with E-state index in [0.29, 0.717) is 36.8 Å². The number of piperidine rings is 1. The number of halogens is 3. The molecule has 0 bridgehead atoms. The molecule has 5 atom stereocenters. The molecular formula is C20H25F3N4O2. The van der Waals surface area contributed by atoms with Crippen LogP contribution < -0.4 is 9.80 Å². The highest BCUT2D eigenvalue weighted by Gasteiger charge is 2.66. The van der Waals surface area contributed by atoms with Crippen molar-refractivity contribution in [3.8, 4) is 0 Å². The number of carbonyl (C=O) groups excluding carboxylic acids is 1. The molecule has 2 aliphatic carbocycles. The van der Waals surface area contributed by atoms with Crippen molar-refractivity contribution in [1.82, 2.24) is 9.97 Å². The molecule has 158 valence electrons. The predicted octanol–water partition coefficient (Wildman–Crippen LogP) is 2.70. The van der Waals surface area contributed by atoms with Gasteiger partial charge in [0.2, 0.25) is 5.95 Å². The summed E-state index contributed by atoms with van der Waals surface area (Å²) in [6.45, 7) is 5.31. The first-order chi connectivity index (χ1) is 13.7. The smallest absolute Gasteiger partial charge is 0.305 e. The lowest BCUT2D eigenvalue weighted by Gasteiger charge is -2.42. The van der Waals surface area contributed by atoms with Crippen molar-refractivity contribution in [2.45, 2.75) is 51.2 Å². The maximum absolute atomic E-state index is 14.5. The molecule has 0 radical (unpaired) electrons. The zero-order chi connectivity index (χ0) is 20.7. The van der Waals surface area contributed by atoms with Crippen LogP contribution in [0.25, 0.3) is 0 Å². The third kappa shape index (κ3) is 2.65. The molecule has 29 heavy (non-hydrogen) atoms. The van der Waals surface area contributed by atoms with Gasteiger partial charge in [0.1, 0.15) is 17.7 Å². The van der Waals surface area contributed by atoms with Crippen molar-refractivity contribution >= 4 is 17.7 Å². The molecule has 3 fully saturated rings. The molecule has 4 aliphatic rings. The van der Waals surface area contributed by atoms with Gasteiger partial charge in [-0.2, -0.15) is 13.8 Å². The van der Waals surface area contributed by atoms with Crippen LogP contribution in [0.2, 0.25) is 0 Å². The van der Waals surface area contributed by atoms with Gasteiger partial charge in [-0.3, -0.25) is 4.79 Å². The van der Waals surface area contributed by atoms with Gasteiger partial charge in [0.05, 0.1) is 19.7 Å². The molecule has 0 amide bonds. The molecular weight excluding hydrogens is 385 g/mol. The van der Waals surface area contributed by atoms with Gasteiger partial charge in [-0.25, -0.2) is 9.37 Å². The van der Waals surface area contributed by atoms with E-state index < -0.39 is 18.1 Å². The molecule has 1 saturated carbocycles. The summed E-state index contributed by atoms with van der Waals surface area (Å²) < 4.78 is 47.4. The lowest BCUT2D eigenvalue weighted by atomic mass is 10.0. The van der Waals surface area contributed by atoms with Gasteiger partial charge in [-0.1, -0.05) is 6.92 Å². The number of carbonyl (C=O) groups is 1. The summed E-state index contributed by atoms with van der Waals surface area (Å²) in [5, 5.41) is 0. The van der Waals surface area contributed by atoms with Gasteiger partial charge in [-0.15, -0.1) is 0 Å². The van der Waals surface area contributed by atoms with E-state index >= 15 is 0 Å². The first-order valence-electron chi connectivity index (χ1n) is 10.2. The van der Waals surface area contributed by atoms with E-state index in [1.54, 1.807) is 11.8 Å². The van der Waals surface area contributed by atoms with Gasteiger partial charge >= 0.3 is 5.97 Å². The molecule has 2 saturated heterocycles. The molecule has 0 aromatic carbocycles. The Morgan fingerprint density at radius 3 is 2.66 bits per heavy atom. The Balaban J connectivity index is 1.44. The van der Waals surface area contributed by atoms with E-state index in [4.69, 9.17) is 4.74 Å². The topological polar surface area (TPSA) is 58.6 Å². The van der Waals surface area contributed by atoms with Crippen LogP contribution in [0, 0.1) is 17.3 Å². The Morgan fingerprint density at radius 2 is 2.07 bits per heavy atom. The molecule has 5 rings (SSSR count). The third-order valence-corrected chi connectivity index (χ3v) is 7.59. The third-order valence-electron chi connectivity index (χ3n) is 7.59. The van der Waals surface area contributed by atoms with E-state index in [9.17, 15) is 18.0 Å². The summed E-state index contributed by atoms with van der Waals surface area (Å²) in [6.07, 6.45) is -0.634. The Morgan fingerprint density at radius 1 is 1.31 bits per heavy atom. The molecule has 0 spiro atoms. The standard InChI is InChI=1S/C20H25F3N4O2/c1-10-14(21)8-27(10)18-24-16-11(4-5-20(16,22)23)17(25-18)26-7-13-12(6-15(28)29-3)19(13,2)9-26/h10,12-14H,4-9H2,1-3H3/t10?,12-,13-,14?,19+/m1/s1. The minimum absolute atomic E-state index is 0.0403. The van der Waals surface area contributed by atoms with Crippen molar-refractivity contribution in [3.63, 3.8) is 0 Å². The number of rotatable bonds is 4. The van der Waals surface area contributed by atoms with Crippen molar-refractivity contribution in [2.24, 2.45) is 17.3 Å². The van der Waals surface area contributed by atoms with Gasteiger partial charge in [0.25, 0.3) is 5.92 Å². The first kappa shape index (κ1) is 18.9. The van der Waals surface area contributed by atoms with Crippen LogP contribution in [0.1, 0.15) is 37.9 Å². The van der Waals surface area contributed by atoms with Crippen molar-refractivity contribution in [1.29, 1.82) is 0 Å². The number of ether oxygens (including phenoxy) is 1. The van der Waals surface area contributed by atoms with Crippen molar-refractivity contribution < 1.29 is 22.7 Å². The molecule has 0 N–H and O–H groups in total. The average Bonchev–Trinajstić information content (AvgIpc) is 2.97. The number of esters is 1. The average molecular weight is 410 g/mol. The summed E-state index contributed by atoms with van der Waals surface area (Å²) >= 11 is 0. The zero-order valence-corrected chi connectivity index (χ0v) is 16.8. The van der Waals surface area contributed by atoms with Crippen LogP contribution in [0.3, 0.4) is 0 Å². The van der Waals surface area contributed by atoms with Crippen molar-refractivity contribution in [2.75, 3.05) is 36.5 Å². The molecule has 3 heterocycles. The zero-order valence-electron chi connectivity index (χ0n) is 16.8. The quantitative estimate of drug-likeness (QED) is 0.712. The van der Waals surface area contributed by atoms with Crippen LogP contribution in [0.5, 0.6) is 0 Å². The minimum Gasteiger partial charge on any atom is -0.469 e. The highest BCUT2D eigenvalue weighted by Crippen LogP contribution is 2.65. The van der Waals surface area contributed by atoms with Crippen LogP contribution in [-0.4, -0.2) is 54.9 Å². The molecule has 9 heteroatoms. The molecule has 1 aromatic heterocycles. The second kappa shape index (κ2) is 5.98. The summed E-state index contributed by atoms with van der Waals surface area (Å²) in [5.41, 5.74) is 0.267. The van der Waals surface area contributed by atoms with Crippen LogP contribution in [0.4, 0.5) is 24.9 Å². The lowest BCUT2D eigenvalue weighted by molar-refractivity contribution is -0.141. The highest BCUT2D eigenvalue weighted by molar-refractivity contribution is 5.70. The van der Waals surface area contributed by atoms with Crippen LogP contribution in [-0.2, 0) is 21.9 Å². The molecule has 2 aliphatic heterocycles. The lowest BCUT2D eigenvalue weighted by Crippen LogP contribution is -2.57. The van der Waals surface area contributed by atoms with E-state index in [1.807, 2.05) is 0 Å². The Labute approximate surface area is 167 Å². The first-order valence-corrected chi connectivity index (χ1v) is 10.2. The maximum Gasteiger partial charge on any atom is 0.305 e. The Hall–Kier alpha value is -2.06. The van der Waals surface area contributed by atoms with Crippen LogP contribution >= 0.6 is 0 Å². The van der Waals surface area contributed by atoms with Crippen LogP contribution in [0.15, 0.2) is 0 Å². The maximum atomic E-state index is 14.5. The SMILES string of the molecule is COC(=O)C[C@@H]1[C@H]2CN(c3nc(N4CC(F)C4C)nc4c3CCC4(F)F)C[C@@]12C.